The maximum Gasteiger partial charge on any atom is 0.343 e. The maximum atomic E-state index is 12.5. The first-order valence-corrected chi connectivity index (χ1v) is 12.9. The Morgan fingerprint density at radius 1 is 0.865 bits per heavy atom. The Hall–Kier alpha value is -3.10. The molecule has 0 radical (unpaired) electrons. The smallest absolute Gasteiger partial charge is 0.343 e. The standard InChI is InChI=1S/C29H38O8/c1-4-22(3)27(30)36-18-17-35-25-11-13-26(14-12-25)37-28(31)23-7-9-24(10-8-23)34-16-6-15-32-19-29(5-2)20-33-21-29/h7-14,22H,4-6,15-21H2,1-3H3. The number of esters is 2. The molecular weight excluding hydrogens is 476 g/mol. The van der Waals surface area contributed by atoms with Gasteiger partial charge in [-0.05, 0) is 61.4 Å². The molecule has 1 unspecified atom stereocenters. The second-order valence-electron chi connectivity index (χ2n) is 9.31. The van der Waals surface area contributed by atoms with Crippen molar-refractivity contribution in [2.75, 3.05) is 46.2 Å². The van der Waals surface area contributed by atoms with Crippen LogP contribution in [0.4, 0.5) is 0 Å². The van der Waals surface area contributed by atoms with E-state index in [0.717, 1.165) is 39.1 Å². The Morgan fingerprint density at radius 3 is 2.08 bits per heavy atom. The lowest BCUT2D eigenvalue weighted by Crippen LogP contribution is -2.45. The molecule has 2 aromatic rings. The summed E-state index contributed by atoms with van der Waals surface area (Å²) in [6, 6.07) is 13.5. The minimum absolute atomic E-state index is 0.117. The minimum Gasteiger partial charge on any atom is -0.494 e. The highest BCUT2D eigenvalue weighted by molar-refractivity contribution is 5.91. The van der Waals surface area contributed by atoms with Crippen LogP contribution in [0.3, 0.4) is 0 Å². The van der Waals surface area contributed by atoms with Gasteiger partial charge in [0.2, 0.25) is 0 Å². The summed E-state index contributed by atoms with van der Waals surface area (Å²) in [5, 5.41) is 0. The molecule has 0 amide bonds. The van der Waals surface area contributed by atoms with Crippen molar-refractivity contribution in [1.29, 1.82) is 0 Å². The van der Waals surface area contributed by atoms with E-state index in [0.29, 0.717) is 36.0 Å². The van der Waals surface area contributed by atoms with E-state index in [1.165, 1.54) is 0 Å². The molecule has 0 aliphatic carbocycles. The third-order valence-corrected chi connectivity index (χ3v) is 6.41. The van der Waals surface area contributed by atoms with Crippen LogP contribution in [0.5, 0.6) is 17.2 Å². The fourth-order valence-electron chi connectivity index (χ4n) is 3.49. The molecule has 1 heterocycles. The molecule has 0 bridgehead atoms. The summed E-state index contributed by atoms with van der Waals surface area (Å²) >= 11 is 0. The molecule has 0 N–H and O–H groups in total. The Labute approximate surface area is 219 Å². The highest BCUT2D eigenvalue weighted by Crippen LogP contribution is 2.31. The van der Waals surface area contributed by atoms with Gasteiger partial charge in [0.1, 0.15) is 30.5 Å². The zero-order chi connectivity index (χ0) is 26.5. The quantitative estimate of drug-likeness (QED) is 0.174. The molecule has 37 heavy (non-hydrogen) atoms. The number of benzene rings is 2. The van der Waals surface area contributed by atoms with Gasteiger partial charge in [-0.15, -0.1) is 0 Å². The predicted octanol–water partition coefficient (Wildman–Crippen LogP) is 5.09. The van der Waals surface area contributed by atoms with Crippen molar-refractivity contribution in [3.63, 3.8) is 0 Å². The van der Waals surface area contributed by atoms with E-state index < -0.39 is 5.97 Å². The highest BCUT2D eigenvalue weighted by Gasteiger charge is 2.36. The average Bonchev–Trinajstić information content (AvgIpc) is 2.90. The Bertz CT molecular complexity index is 961. The van der Waals surface area contributed by atoms with Crippen molar-refractivity contribution >= 4 is 11.9 Å². The van der Waals surface area contributed by atoms with Crippen LogP contribution in [-0.4, -0.2) is 58.2 Å². The van der Waals surface area contributed by atoms with Crippen LogP contribution in [0, 0.1) is 11.3 Å². The maximum absolute atomic E-state index is 12.5. The van der Waals surface area contributed by atoms with Gasteiger partial charge in [0.25, 0.3) is 0 Å². The average molecular weight is 515 g/mol. The van der Waals surface area contributed by atoms with Crippen LogP contribution in [0.15, 0.2) is 48.5 Å². The van der Waals surface area contributed by atoms with Crippen LogP contribution in [0.1, 0.15) is 50.4 Å². The number of carbonyl (C=O) groups excluding carboxylic acids is 2. The molecule has 0 aromatic heterocycles. The first-order valence-electron chi connectivity index (χ1n) is 12.9. The summed E-state index contributed by atoms with van der Waals surface area (Å²) in [4.78, 5) is 24.1. The van der Waals surface area contributed by atoms with Crippen molar-refractivity contribution in [1.82, 2.24) is 0 Å². The second-order valence-corrected chi connectivity index (χ2v) is 9.31. The van der Waals surface area contributed by atoms with E-state index in [1.807, 2.05) is 13.8 Å². The summed E-state index contributed by atoms with van der Waals surface area (Å²) in [5.41, 5.74) is 0.623. The topological polar surface area (TPSA) is 89.5 Å². The van der Waals surface area contributed by atoms with Crippen molar-refractivity contribution < 1.29 is 38.0 Å². The molecule has 1 aliphatic rings. The molecule has 202 valence electrons. The molecule has 8 nitrogen and oxygen atoms in total. The lowest BCUT2D eigenvalue weighted by molar-refractivity contribution is -0.150. The molecule has 2 aromatic carbocycles. The lowest BCUT2D eigenvalue weighted by Gasteiger charge is -2.40. The Kier molecular flexibility index (Phi) is 11.2. The fraction of sp³-hybridized carbons (Fsp3) is 0.517. The van der Waals surface area contributed by atoms with Gasteiger partial charge in [0, 0.05) is 18.4 Å². The van der Waals surface area contributed by atoms with E-state index in [9.17, 15) is 9.59 Å². The van der Waals surface area contributed by atoms with E-state index >= 15 is 0 Å². The highest BCUT2D eigenvalue weighted by atomic mass is 16.6. The van der Waals surface area contributed by atoms with Crippen LogP contribution in [-0.2, 0) is 19.0 Å². The number of hydrogen-bond donors (Lipinski definition) is 0. The van der Waals surface area contributed by atoms with Gasteiger partial charge in [0.15, 0.2) is 0 Å². The van der Waals surface area contributed by atoms with Crippen LogP contribution >= 0.6 is 0 Å². The lowest BCUT2D eigenvalue weighted by atomic mass is 9.84. The van der Waals surface area contributed by atoms with Gasteiger partial charge in [0.05, 0.1) is 37.9 Å². The Morgan fingerprint density at radius 2 is 1.49 bits per heavy atom. The molecule has 8 heteroatoms. The van der Waals surface area contributed by atoms with Crippen molar-refractivity contribution in [2.24, 2.45) is 11.3 Å². The summed E-state index contributed by atoms with van der Waals surface area (Å²) < 4.78 is 33.0. The third kappa shape index (κ3) is 9.05. The van der Waals surface area contributed by atoms with Crippen LogP contribution in [0.2, 0.25) is 0 Å². The third-order valence-electron chi connectivity index (χ3n) is 6.41. The SMILES string of the molecule is CCC(C)C(=O)OCCOc1ccc(OC(=O)c2ccc(OCCCOCC3(CC)COC3)cc2)cc1. The Balaban J connectivity index is 1.32. The first kappa shape index (κ1) is 28.5. The van der Waals surface area contributed by atoms with Gasteiger partial charge in [-0.3, -0.25) is 4.79 Å². The first-order chi connectivity index (χ1) is 17.9. The van der Waals surface area contributed by atoms with Gasteiger partial charge >= 0.3 is 11.9 Å². The molecule has 1 fully saturated rings. The molecule has 1 atom stereocenters. The largest absolute Gasteiger partial charge is 0.494 e. The number of hydrogen-bond acceptors (Lipinski definition) is 8. The number of ether oxygens (including phenoxy) is 6. The zero-order valence-electron chi connectivity index (χ0n) is 22.0. The summed E-state index contributed by atoms with van der Waals surface area (Å²) in [7, 11) is 0. The van der Waals surface area contributed by atoms with E-state index in [-0.39, 0.29) is 30.5 Å². The van der Waals surface area contributed by atoms with E-state index in [1.54, 1.807) is 48.5 Å². The van der Waals surface area contributed by atoms with Gasteiger partial charge in [-0.25, -0.2) is 4.79 Å². The van der Waals surface area contributed by atoms with E-state index in [4.69, 9.17) is 28.4 Å². The van der Waals surface area contributed by atoms with Crippen LogP contribution < -0.4 is 14.2 Å². The minimum atomic E-state index is -0.463. The number of rotatable bonds is 16. The predicted molar refractivity (Wildman–Crippen MR) is 138 cm³/mol. The normalized spacial score (nSPS) is 14.8. The van der Waals surface area contributed by atoms with Crippen LogP contribution in [0.25, 0.3) is 0 Å². The molecule has 1 saturated heterocycles. The van der Waals surface area contributed by atoms with Gasteiger partial charge in [-0.1, -0.05) is 20.8 Å². The molecular formula is C29H38O8. The van der Waals surface area contributed by atoms with Gasteiger partial charge < -0.3 is 28.4 Å². The summed E-state index contributed by atoms with van der Waals surface area (Å²) in [6.45, 7) is 9.84. The second kappa shape index (κ2) is 14.6. The monoisotopic (exact) mass is 514 g/mol. The molecule has 1 aliphatic heterocycles. The molecule has 0 spiro atoms. The van der Waals surface area contributed by atoms with Crippen molar-refractivity contribution in [3.8, 4) is 17.2 Å². The fourth-order valence-corrected chi connectivity index (χ4v) is 3.49. The van der Waals surface area contributed by atoms with Gasteiger partial charge in [-0.2, -0.15) is 0 Å². The molecule has 3 rings (SSSR count). The number of carbonyl (C=O) groups is 2. The van der Waals surface area contributed by atoms with E-state index in [2.05, 4.69) is 6.92 Å². The van der Waals surface area contributed by atoms with Crippen molar-refractivity contribution in [3.05, 3.63) is 54.1 Å². The zero-order valence-corrected chi connectivity index (χ0v) is 22.0. The summed E-state index contributed by atoms with van der Waals surface area (Å²) in [5.74, 6) is 0.875. The van der Waals surface area contributed by atoms with Crippen molar-refractivity contribution in [2.45, 2.75) is 40.0 Å². The summed E-state index contributed by atoms with van der Waals surface area (Å²) in [6.07, 6.45) is 2.59. The molecule has 0 saturated carbocycles.